The summed E-state index contributed by atoms with van der Waals surface area (Å²) in [4.78, 5) is 34.6. The van der Waals surface area contributed by atoms with Gasteiger partial charge in [0.15, 0.2) is 5.82 Å². The van der Waals surface area contributed by atoms with E-state index in [-0.39, 0.29) is 0 Å². The van der Waals surface area contributed by atoms with Gasteiger partial charge >= 0.3 is 5.69 Å². The highest BCUT2D eigenvalue weighted by Gasteiger charge is 2.29. The van der Waals surface area contributed by atoms with E-state index in [0.29, 0.717) is 29.4 Å². The fourth-order valence-corrected chi connectivity index (χ4v) is 3.20. The molecule has 30 heavy (non-hydrogen) atoms. The van der Waals surface area contributed by atoms with Crippen LogP contribution >= 0.6 is 0 Å². The third-order valence-electron chi connectivity index (χ3n) is 4.90. The molecule has 1 unspecified atom stereocenters. The van der Waals surface area contributed by atoms with Crippen LogP contribution in [-0.4, -0.2) is 25.3 Å². The lowest BCUT2D eigenvalue weighted by molar-refractivity contribution is -0.105. The van der Waals surface area contributed by atoms with E-state index in [1.54, 1.807) is 24.8 Å². The van der Waals surface area contributed by atoms with Gasteiger partial charge in [0.2, 0.25) is 6.41 Å². The molecule has 0 saturated heterocycles. The van der Waals surface area contributed by atoms with Crippen LogP contribution in [0.15, 0.2) is 46.0 Å². The maximum Gasteiger partial charge on any atom is 0.332 e. The molecule has 10 heteroatoms. The molecule has 0 saturated carbocycles. The van der Waals surface area contributed by atoms with Crippen LogP contribution in [0.2, 0.25) is 0 Å². The van der Waals surface area contributed by atoms with Gasteiger partial charge in [-0.25, -0.2) is 4.79 Å². The smallest absolute Gasteiger partial charge is 0.332 e. The maximum atomic E-state index is 12.2. The number of carbonyl (C=O) groups excluding carboxylic acids is 1. The van der Waals surface area contributed by atoms with Crippen LogP contribution in [0.4, 0.5) is 17.3 Å². The lowest BCUT2D eigenvalue weighted by Gasteiger charge is -2.12. The molecule has 0 radical (unpaired) electrons. The molecule has 3 heterocycles. The number of aromatic nitrogens is 4. The first kappa shape index (κ1) is 20.9. The number of amides is 1. The van der Waals surface area contributed by atoms with Crippen LogP contribution < -0.4 is 27.2 Å². The maximum absolute atomic E-state index is 12.2. The summed E-state index contributed by atoms with van der Waals surface area (Å²) in [6, 6.07) is 12.1. The lowest BCUT2D eigenvalue weighted by atomic mass is 10.2. The summed E-state index contributed by atoms with van der Waals surface area (Å²) >= 11 is 0. The van der Waals surface area contributed by atoms with Crippen molar-refractivity contribution in [1.29, 1.82) is 0 Å². The quantitative estimate of drug-likeness (QED) is 0.555. The molecule has 0 fully saturated rings. The van der Waals surface area contributed by atoms with Gasteiger partial charge in [0.1, 0.15) is 17.7 Å². The Morgan fingerprint density at radius 3 is 2.40 bits per heavy atom. The Bertz CT molecular complexity index is 1160. The average molecular weight is 411 g/mol. The normalized spacial score (nSPS) is 14.1. The second-order valence-electron chi connectivity index (χ2n) is 6.83. The number of fused-ring (bicyclic) bond motifs is 1. The Balaban J connectivity index is 0.000000269. The summed E-state index contributed by atoms with van der Waals surface area (Å²) in [7, 11) is 4.73. The second-order valence-corrected chi connectivity index (χ2v) is 6.83. The summed E-state index contributed by atoms with van der Waals surface area (Å²) in [5.74, 6) is 0.818. The summed E-state index contributed by atoms with van der Waals surface area (Å²) in [5.41, 5.74) is 1.62. The third-order valence-corrected chi connectivity index (χ3v) is 4.90. The first-order valence-electron chi connectivity index (χ1n) is 9.48. The van der Waals surface area contributed by atoms with Gasteiger partial charge in [0.05, 0.1) is 5.69 Å². The van der Waals surface area contributed by atoms with Crippen molar-refractivity contribution < 1.29 is 4.79 Å². The van der Waals surface area contributed by atoms with E-state index < -0.39 is 17.4 Å². The standard InChI is InChI=1S/C12H15N7O3.C8H10/c1-17-10-8(11(21)18(2)12(17)22)14-9(15-10)6-4-7(13-5-20)16-19(6)3;1-2-8-6-4-3-5-7-8/h4-5,9,14-15H,1-3H3,(H,13,16,20);3-7H,2H2,1H3. The van der Waals surface area contributed by atoms with Crippen molar-refractivity contribution in [3.63, 3.8) is 0 Å². The van der Waals surface area contributed by atoms with E-state index in [0.717, 1.165) is 11.0 Å². The number of hydrogen-bond donors (Lipinski definition) is 3. The van der Waals surface area contributed by atoms with Crippen LogP contribution in [-0.2, 0) is 32.4 Å². The van der Waals surface area contributed by atoms with E-state index >= 15 is 0 Å². The molecule has 4 rings (SSSR count). The second kappa shape index (κ2) is 8.68. The summed E-state index contributed by atoms with van der Waals surface area (Å²) in [6.07, 6.45) is 1.24. The molecule has 0 aliphatic carbocycles. The van der Waals surface area contributed by atoms with Gasteiger partial charge in [-0.3, -0.25) is 23.4 Å². The lowest BCUT2D eigenvalue weighted by Crippen LogP contribution is -2.37. The van der Waals surface area contributed by atoms with Gasteiger partial charge in [0, 0.05) is 27.2 Å². The van der Waals surface area contributed by atoms with Crippen LogP contribution in [0.5, 0.6) is 0 Å². The van der Waals surface area contributed by atoms with Gasteiger partial charge in [-0.1, -0.05) is 37.3 Å². The van der Waals surface area contributed by atoms with Crippen molar-refractivity contribution in [2.24, 2.45) is 21.1 Å². The molecule has 1 aliphatic heterocycles. The molecule has 0 bridgehead atoms. The van der Waals surface area contributed by atoms with Crippen molar-refractivity contribution in [3.05, 3.63) is 68.5 Å². The van der Waals surface area contributed by atoms with Crippen molar-refractivity contribution in [2.45, 2.75) is 19.5 Å². The Hall–Kier alpha value is -3.82. The number of anilines is 3. The van der Waals surface area contributed by atoms with Gasteiger partial charge in [-0.2, -0.15) is 5.10 Å². The number of rotatable bonds is 4. The zero-order valence-corrected chi connectivity index (χ0v) is 17.3. The number of carbonyl (C=O) groups is 1. The molecule has 3 N–H and O–H groups in total. The fraction of sp³-hybridized carbons (Fsp3) is 0.300. The molecule has 158 valence electrons. The molecule has 2 aromatic heterocycles. The first-order chi connectivity index (χ1) is 14.4. The SMILES string of the molecule is CCc1ccccc1.Cn1nc(NC=O)cc1C1Nc2c(n(C)c(=O)n(C)c2=O)N1. The highest BCUT2D eigenvalue weighted by atomic mass is 16.2. The molecular formula is C20H25N7O3. The minimum absolute atomic E-state index is 0.320. The number of benzene rings is 1. The van der Waals surface area contributed by atoms with Crippen LogP contribution in [0, 0.1) is 0 Å². The van der Waals surface area contributed by atoms with Gasteiger partial charge in [-0.05, 0) is 12.0 Å². The van der Waals surface area contributed by atoms with Crippen molar-refractivity contribution in [3.8, 4) is 0 Å². The first-order valence-corrected chi connectivity index (χ1v) is 9.48. The topological polar surface area (TPSA) is 115 Å². The zero-order valence-electron chi connectivity index (χ0n) is 17.3. The number of aryl methyl sites for hydroxylation is 2. The van der Waals surface area contributed by atoms with E-state index in [1.165, 1.54) is 17.2 Å². The summed E-state index contributed by atoms with van der Waals surface area (Å²) in [5, 5.41) is 12.7. The Kier molecular flexibility index (Phi) is 6.05. The Morgan fingerprint density at radius 2 is 1.80 bits per heavy atom. The van der Waals surface area contributed by atoms with Crippen LogP contribution in [0.3, 0.4) is 0 Å². The third kappa shape index (κ3) is 3.97. The highest BCUT2D eigenvalue weighted by molar-refractivity contribution is 5.72. The van der Waals surface area contributed by atoms with E-state index in [1.807, 2.05) is 6.07 Å². The molecule has 10 nitrogen and oxygen atoms in total. The molecule has 1 aromatic carbocycles. The number of nitrogens with one attached hydrogen (secondary N) is 3. The molecular weight excluding hydrogens is 386 g/mol. The number of hydrogen-bond acceptors (Lipinski definition) is 6. The molecule has 1 aliphatic rings. The molecule has 1 amide bonds. The van der Waals surface area contributed by atoms with Crippen molar-refractivity contribution >= 4 is 23.7 Å². The van der Waals surface area contributed by atoms with E-state index in [9.17, 15) is 14.4 Å². The zero-order chi connectivity index (χ0) is 21.8. The van der Waals surface area contributed by atoms with Gasteiger partial charge < -0.3 is 16.0 Å². The number of nitrogens with zero attached hydrogens (tertiary/aromatic N) is 4. The van der Waals surface area contributed by atoms with E-state index in [2.05, 4.69) is 52.2 Å². The molecule has 3 aromatic rings. The summed E-state index contributed by atoms with van der Waals surface area (Å²) < 4.78 is 3.98. The Labute approximate surface area is 173 Å². The fourth-order valence-electron chi connectivity index (χ4n) is 3.20. The predicted molar refractivity (Wildman–Crippen MR) is 116 cm³/mol. The minimum Gasteiger partial charge on any atom is -0.353 e. The van der Waals surface area contributed by atoms with E-state index in [4.69, 9.17) is 0 Å². The van der Waals surface area contributed by atoms with Crippen molar-refractivity contribution in [1.82, 2.24) is 18.9 Å². The highest BCUT2D eigenvalue weighted by Crippen LogP contribution is 2.31. The average Bonchev–Trinajstić information content (AvgIpc) is 3.36. The molecule has 1 atom stereocenters. The minimum atomic E-state index is -0.435. The van der Waals surface area contributed by atoms with Gasteiger partial charge in [-0.15, -0.1) is 0 Å². The van der Waals surface area contributed by atoms with Gasteiger partial charge in [0.25, 0.3) is 5.56 Å². The van der Waals surface area contributed by atoms with Crippen molar-refractivity contribution in [2.75, 3.05) is 16.0 Å². The largest absolute Gasteiger partial charge is 0.353 e. The predicted octanol–water partition coefficient (Wildman–Crippen LogP) is 1.17. The summed E-state index contributed by atoms with van der Waals surface area (Å²) in [6.45, 7) is 2.16. The monoisotopic (exact) mass is 411 g/mol. The molecule has 0 spiro atoms. The Morgan fingerprint density at radius 1 is 1.10 bits per heavy atom. The van der Waals surface area contributed by atoms with Crippen LogP contribution in [0.1, 0.15) is 24.3 Å². The van der Waals surface area contributed by atoms with Crippen LogP contribution in [0.25, 0.3) is 0 Å².